The van der Waals surface area contributed by atoms with Gasteiger partial charge in [0.15, 0.2) is 5.57 Å². The monoisotopic (exact) mass is 308 g/mol. The van der Waals surface area contributed by atoms with E-state index >= 15 is 0 Å². The minimum atomic E-state index is -0.828. The highest BCUT2D eigenvalue weighted by Gasteiger charge is 2.12. The molecule has 0 aliphatic rings. The molecule has 0 unspecified atom stereocenters. The molecule has 0 saturated heterocycles. The van der Waals surface area contributed by atoms with Crippen LogP contribution in [0.15, 0.2) is 27.9 Å². The normalized spacial score (nSPS) is 8.67. The lowest BCUT2D eigenvalue weighted by Crippen LogP contribution is -2.03. The number of nitrogens with zero attached hydrogens (tertiary/aromatic N) is 3. The maximum Gasteiger partial charge on any atom is 0.163 e. The maximum absolute atomic E-state index is 13.4. The molecule has 0 bridgehead atoms. The van der Waals surface area contributed by atoms with Crippen LogP contribution >= 0.6 is 15.9 Å². The molecule has 1 aromatic rings. The van der Waals surface area contributed by atoms with Crippen molar-refractivity contribution in [1.29, 1.82) is 15.8 Å². The molecule has 0 spiro atoms. The molecule has 0 aliphatic carbocycles. The summed E-state index contributed by atoms with van der Waals surface area (Å²) in [5, 5.41) is 28.1. The summed E-state index contributed by atoms with van der Waals surface area (Å²) in [6.07, 6.45) is 0. The number of nitriles is 3. The van der Waals surface area contributed by atoms with E-state index < -0.39 is 22.9 Å². The zero-order chi connectivity index (χ0) is 13.7. The molecule has 0 aromatic heterocycles. The molecule has 0 aliphatic heterocycles. The summed E-state index contributed by atoms with van der Waals surface area (Å²) < 4.78 is 26.6. The molecule has 0 atom stereocenters. The molecule has 0 heterocycles. The first kappa shape index (κ1) is 13.6. The molecule has 4 nitrogen and oxygen atoms in total. The molecule has 1 rings (SSSR count). The zero-order valence-electron chi connectivity index (χ0n) is 8.63. The molecule has 1 aromatic carbocycles. The fraction of sp³-hybridized carbons (Fsp3) is 0. The number of hydrogen-bond acceptors (Lipinski definition) is 4. The Morgan fingerprint density at radius 1 is 1.06 bits per heavy atom. The highest BCUT2D eigenvalue weighted by molar-refractivity contribution is 9.10. The molecule has 18 heavy (non-hydrogen) atoms. The zero-order valence-corrected chi connectivity index (χ0v) is 10.2. The Bertz CT molecular complexity index is 631. The van der Waals surface area contributed by atoms with Crippen molar-refractivity contribution in [3.8, 4) is 18.2 Å². The molecule has 0 fully saturated rings. The van der Waals surface area contributed by atoms with E-state index in [9.17, 15) is 8.78 Å². The summed E-state index contributed by atoms with van der Waals surface area (Å²) in [4.78, 5) is 0. The predicted octanol–water partition coefficient (Wildman–Crippen LogP) is 2.96. The van der Waals surface area contributed by atoms with Crippen molar-refractivity contribution < 1.29 is 8.78 Å². The fourth-order valence-electron chi connectivity index (χ4n) is 1.04. The van der Waals surface area contributed by atoms with Gasteiger partial charge in [-0.1, -0.05) is 0 Å². The van der Waals surface area contributed by atoms with Crippen molar-refractivity contribution in [3.63, 3.8) is 0 Å². The third kappa shape index (κ3) is 2.82. The lowest BCUT2D eigenvalue weighted by molar-refractivity contribution is 0.597. The first-order chi connectivity index (χ1) is 8.53. The summed E-state index contributed by atoms with van der Waals surface area (Å²) in [5.41, 5.74) is -1.30. The van der Waals surface area contributed by atoms with Crippen LogP contribution in [0.1, 0.15) is 0 Å². The quantitative estimate of drug-likeness (QED) is 0.672. The van der Waals surface area contributed by atoms with Gasteiger partial charge in [-0.2, -0.15) is 15.8 Å². The Morgan fingerprint density at radius 3 is 2.17 bits per heavy atom. The van der Waals surface area contributed by atoms with Gasteiger partial charge in [0.05, 0.1) is 10.2 Å². The molecule has 0 saturated carbocycles. The summed E-state index contributed by atoms with van der Waals surface area (Å²) in [6, 6.07) is 6.16. The number of benzene rings is 1. The Morgan fingerprint density at radius 2 is 1.67 bits per heavy atom. The van der Waals surface area contributed by atoms with Crippen molar-refractivity contribution in [2.45, 2.75) is 0 Å². The van der Waals surface area contributed by atoms with Crippen molar-refractivity contribution in [1.82, 2.24) is 0 Å². The molecule has 0 radical (unpaired) electrons. The Hall–Kier alpha value is -2.43. The molecular formula is C11H3BrF2N4. The third-order valence-corrected chi connectivity index (χ3v) is 2.46. The van der Waals surface area contributed by atoms with Crippen LogP contribution in [0.2, 0.25) is 0 Å². The predicted molar refractivity (Wildman–Crippen MR) is 61.5 cm³/mol. The van der Waals surface area contributed by atoms with Crippen LogP contribution < -0.4 is 5.32 Å². The van der Waals surface area contributed by atoms with Crippen LogP contribution in [0, 0.1) is 45.6 Å². The number of halogens is 3. The maximum atomic E-state index is 13.4. The van der Waals surface area contributed by atoms with Gasteiger partial charge in [-0.15, -0.1) is 0 Å². The molecule has 7 heteroatoms. The van der Waals surface area contributed by atoms with Crippen LogP contribution in [-0.4, -0.2) is 0 Å². The van der Waals surface area contributed by atoms with Crippen molar-refractivity contribution in [2.75, 3.05) is 5.32 Å². The van der Waals surface area contributed by atoms with Gasteiger partial charge in [0.25, 0.3) is 0 Å². The van der Waals surface area contributed by atoms with Gasteiger partial charge in [0, 0.05) is 6.07 Å². The minimum Gasteiger partial charge on any atom is -0.343 e. The smallest absolute Gasteiger partial charge is 0.163 e. The Labute approximate surface area is 109 Å². The van der Waals surface area contributed by atoms with E-state index in [2.05, 4.69) is 21.2 Å². The van der Waals surface area contributed by atoms with Crippen molar-refractivity contribution >= 4 is 21.6 Å². The first-order valence-electron chi connectivity index (χ1n) is 4.39. The topological polar surface area (TPSA) is 83.4 Å². The van der Waals surface area contributed by atoms with Gasteiger partial charge < -0.3 is 5.32 Å². The second-order valence-electron chi connectivity index (χ2n) is 2.96. The van der Waals surface area contributed by atoms with Gasteiger partial charge in [-0.3, -0.25) is 0 Å². The van der Waals surface area contributed by atoms with Crippen LogP contribution in [0.3, 0.4) is 0 Å². The van der Waals surface area contributed by atoms with E-state index in [1.807, 2.05) is 0 Å². The number of allylic oxidation sites excluding steroid dienone is 2. The van der Waals surface area contributed by atoms with Gasteiger partial charge in [-0.05, 0) is 22.0 Å². The highest BCUT2D eigenvalue weighted by atomic mass is 79.9. The fourth-order valence-corrected chi connectivity index (χ4v) is 1.35. The molecule has 0 amide bonds. The minimum absolute atomic E-state index is 0.0752. The van der Waals surface area contributed by atoms with E-state index in [1.165, 1.54) is 18.2 Å². The van der Waals surface area contributed by atoms with Gasteiger partial charge in [0.2, 0.25) is 0 Å². The molecule has 88 valence electrons. The average molecular weight is 309 g/mol. The standard InChI is InChI=1S/C11H3BrF2N4/c12-7-1-9(14)10(2-8(7)13)18-11(5-17)6(3-15)4-16/h1-2,18H. The lowest BCUT2D eigenvalue weighted by atomic mass is 10.2. The third-order valence-electron chi connectivity index (χ3n) is 1.86. The summed E-state index contributed by atoms with van der Waals surface area (Å²) in [5.74, 6) is -1.57. The molecular weight excluding hydrogens is 306 g/mol. The number of nitrogens with one attached hydrogen (secondary N) is 1. The lowest BCUT2D eigenvalue weighted by Gasteiger charge is -2.06. The van der Waals surface area contributed by atoms with Crippen molar-refractivity contribution in [3.05, 3.63) is 39.5 Å². The van der Waals surface area contributed by atoms with Crippen LogP contribution in [0.25, 0.3) is 0 Å². The van der Waals surface area contributed by atoms with Gasteiger partial charge in [0.1, 0.15) is 35.5 Å². The summed E-state index contributed by atoms with van der Waals surface area (Å²) in [7, 11) is 0. The largest absolute Gasteiger partial charge is 0.343 e. The second kappa shape index (κ2) is 5.77. The summed E-state index contributed by atoms with van der Waals surface area (Å²) in [6.45, 7) is 0. The van der Waals surface area contributed by atoms with Gasteiger partial charge in [-0.25, -0.2) is 8.78 Å². The highest BCUT2D eigenvalue weighted by Crippen LogP contribution is 2.24. The SMILES string of the molecule is N#CC(C#N)=C(C#N)Nc1cc(F)c(Br)cc1F. The van der Waals surface area contributed by atoms with Crippen molar-refractivity contribution in [2.24, 2.45) is 0 Å². The number of anilines is 1. The Kier molecular flexibility index (Phi) is 4.37. The first-order valence-corrected chi connectivity index (χ1v) is 5.19. The van der Waals surface area contributed by atoms with E-state index in [1.54, 1.807) is 0 Å². The van der Waals surface area contributed by atoms with E-state index in [0.29, 0.717) is 0 Å². The number of hydrogen-bond donors (Lipinski definition) is 1. The summed E-state index contributed by atoms with van der Waals surface area (Å²) >= 11 is 2.80. The van der Waals surface area contributed by atoms with Gasteiger partial charge >= 0.3 is 0 Å². The number of rotatable bonds is 2. The van der Waals surface area contributed by atoms with Crippen LogP contribution in [0.5, 0.6) is 0 Å². The van der Waals surface area contributed by atoms with E-state index in [4.69, 9.17) is 15.8 Å². The molecule has 1 N–H and O–H groups in total. The van der Waals surface area contributed by atoms with E-state index in [-0.39, 0.29) is 10.2 Å². The van der Waals surface area contributed by atoms with Crippen LogP contribution in [0.4, 0.5) is 14.5 Å². The van der Waals surface area contributed by atoms with E-state index in [0.717, 1.165) is 12.1 Å². The second-order valence-corrected chi connectivity index (χ2v) is 3.81. The van der Waals surface area contributed by atoms with Crippen LogP contribution in [-0.2, 0) is 0 Å². The Balaban J connectivity index is 3.26. The average Bonchev–Trinajstić information content (AvgIpc) is 2.35.